The molecule has 3 N–H and O–H groups in total. The summed E-state index contributed by atoms with van der Waals surface area (Å²) in [5.74, 6) is -0.744. The first-order valence-corrected chi connectivity index (χ1v) is 3.06. The number of nitrogens with two attached hydrogens (primary N) is 1. The number of nitrogens with zero attached hydrogens (tertiary/aromatic N) is 2. The Hall–Kier alpha value is -0.830. The van der Waals surface area contributed by atoms with E-state index in [1.54, 1.807) is 7.05 Å². The minimum Gasteiger partial charge on any atom is -0.480 e. The molecule has 5 nitrogen and oxygen atoms in total. The fourth-order valence-corrected chi connectivity index (χ4v) is 0.580. The Kier molecular flexibility index (Phi) is 3.72. The van der Waals surface area contributed by atoms with Crippen molar-refractivity contribution < 1.29 is 9.90 Å². The van der Waals surface area contributed by atoms with E-state index >= 15 is 0 Å². The standard InChI is InChI=1S/C4H10N3O2P/c1-7(2-3(8)9)4(5)6-10/h2,10H2,1H3,(H2,5,6)(H,8,9). The van der Waals surface area contributed by atoms with Gasteiger partial charge < -0.3 is 15.7 Å². The molecule has 0 fully saturated rings. The van der Waals surface area contributed by atoms with Gasteiger partial charge in [-0.25, -0.2) is 4.76 Å². The van der Waals surface area contributed by atoms with E-state index in [0.717, 1.165) is 0 Å². The van der Waals surface area contributed by atoms with Gasteiger partial charge in [0.2, 0.25) is 0 Å². The second-order valence-corrected chi connectivity index (χ2v) is 2.00. The van der Waals surface area contributed by atoms with Crippen LogP contribution in [0.4, 0.5) is 0 Å². The molecule has 0 amide bonds. The van der Waals surface area contributed by atoms with Crippen LogP contribution >= 0.6 is 9.39 Å². The largest absolute Gasteiger partial charge is 0.480 e. The predicted molar refractivity (Wildman–Crippen MR) is 41.6 cm³/mol. The number of hydrogen-bond donors (Lipinski definition) is 2. The Bertz CT molecular complexity index is 159. The number of aliphatic carboxylic acids is 1. The molecule has 0 aliphatic rings. The first kappa shape index (κ1) is 9.17. The predicted octanol–water partition coefficient (Wildman–Crippen LogP) is -0.892. The van der Waals surface area contributed by atoms with Gasteiger partial charge in [-0.05, 0) is 9.39 Å². The molecule has 0 aliphatic heterocycles. The molecule has 1 atom stereocenters. The number of likely N-dealkylation sites (N-methyl/N-ethyl adjacent to an activating group) is 1. The Balaban J connectivity index is 3.85. The summed E-state index contributed by atoms with van der Waals surface area (Å²) in [4.78, 5) is 11.4. The lowest BCUT2D eigenvalue weighted by Crippen LogP contribution is -2.37. The SMILES string of the molecule is CN(CC(=O)O)/C(N)=N\P. The average Bonchev–Trinajstić information content (AvgIpc) is 1.85. The normalized spacial score (nSPS) is 11.2. The van der Waals surface area contributed by atoms with E-state index in [9.17, 15) is 4.79 Å². The molecule has 58 valence electrons. The first-order valence-electron chi connectivity index (χ1n) is 2.54. The van der Waals surface area contributed by atoms with Crippen LogP contribution in [0, 0.1) is 0 Å². The third-order valence-corrected chi connectivity index (χ3v) is 1.16. The van der Waals surface area contributed by atoms with Crippen molar-refractivity contribution in [2.45, 2.75) is 0 Å². The molecule has 0 radical (unpaired) electrons. The van der Waals surface area contributed by atoms with Crippen LogP contribution in [0.15, 0.2) is 4.76 Å². The third kappa shape index (κ3) is 3.25. The lowest BCUT2D eigenvalue weighted by Gasteiger charge is -2.13. The number of hydrogen-bond acceptors (Lipinski definition) is 2. The molecule has 1 unspecified atom stereocenters. The molecule has 0 spiro atoms. The highest BCUT2D eigenvalue weighted by atomic mass is 31.0. The van der Waals surface area contributed by atoms with Crippen molar-refractivity contribution in [3.05, 3.63) is 0 Å². The fraction of sp³-hybridized carbons (Fsp3) is 0.500. The van der Waals surface area contributed by atoms with E-state index in [1.165, 1.54) is 4.90 Å². The quantitative estimate of drug-likeness (QED) is 0.314. The van der Waals surface area contributed by atoms with E-state index in [1.807, 2.05) is 0 Å². The van der Waals surface area contributed by atoms with Crippen LogP contribution in [0.2, 0.25) is 0 Å². The van der Waals surface area contributed by atoms with Crippen LogP contribution in [0.3, 0.4) is 0 Å². The van der Waals surface area contributed by atoms with Crippen molar-refractivity contribution in [3.63, 3.8) is 0 Å². The molecule has 0 bridgehead atoms. The number of carboxylic acids is 1. The van der Waals surface area contributed by atoms with E-state index in [0.29, 0.717) is 0 Å². The molecule has 0 aromatic heterocycles. The molecule has 0 rings (SSSR count). The maximum absolute atomic E-state index is 10.1. The zero-order valence-corrected chi connectivity index (χ0v) is 6.77. The van der Waals surface area contributed by atoms with Crippen LogP contribution in [-0.2, 0) is 4.79 Å². The highest BCUT2D eigenvalue weighted by Crippen LogP contribution is 1.86. The van der Waals surface area contributed by atoms with Gasteiger partial charge in [-0.1, -0.05) is 0 Å². The van der Waals surface area contributed by atoms with E-state index < -0.39 is 5.97 Å². The van der Waals surface area contributed by atoms with Crippen molar-refractivity contribution in [3.8, 4) is 0 Å². The summed E-state index contributed by atoms with van der Waals surface area (Å²) in [6.45, 7) is -0.135. The van der Waals surface area contributed by atoms with Gasteiger partial charge in [0.15, 0.2) is 5.96 Å². The fourth-order valence-electron chi connectivity index (χ4n) is 0.382. The smallest absolute Gasteiger partial charge is 0.323 e. The Morgan fingerprint density at radius 2 is 2.40 bits per heavy atom. The summed E-state index contributed by atoms with van der Waals surface area (Å²) < 4.78 is 3.52. The zero-order valence-electron chi connectivity index (χ0n) is 5.61. The van der Waals surface area contributed by atoms with Gasteiger partial charge in [-0.3, -0.25) is 4.79 Å². The summed E-state index contributed by atoms with van der Waals surface area (Å²) in [5, 5.41) is 8.27. The van der Waals surface area contributed by atoms with Crippen molar-refractivity contribution in [2.24, 2.45) is 10.5 Å². The molecule has 0 saturated carbocycles. The summed E-state index contributed by atoms with van der Waals surface area (Å²) in [6.07, 6.45) is 0. The minimum atomic E-state index is -0.931. The second-order valence-electron chi connectivity index (χ2n) is 1.74. The minimum absolute atomic E-state index is 0.135. The molecule has 0 aromatic carbocycles. The number of rotatable bonds is 2. The van der Waals surface area contributed by atoms with Gasteiger partial charge in [-0.15, -0.1) is 0 Å². The Morgan fingerprint density at radius 1 is 1.90 bits per heavy atom. The summed E-state index contributed by atoms with van der Waals surface area (Å²) >= 11 is 0. The number of carboxylic acid groups (broad SMARTS) is 1. The molecule has 0 aromatic rings. The van der Waals surface area contributed by atoms with Crippen molar-refractivity contribution in [2.75, 3.05) is 13.6 Å². The Morgan fingerprint density at radius 3 is 2.70 bits per heavy atom. The maximum atomic E-state index is 10.1. The zero-order chi connectivity index (χ0) is 8.15. The van der Waals surface area contributed by atoms with E-state index in [-0.39, 0.29) is 12.5 Å². The van der Waals surface area contributed by atoms with Gasteiger partial charge in [-0.2, -0.15) is 0 Å². The second kappa shape index (κ2) is 4.06. The topological polar surface area (TPSA) is 78.9 Å². The molecule has 0 heterocycles. The highest BCUT2D eigenvalue weighted by molar-refractivity contribution is 7.15. The van der Waals surface area contributed by atoms with Gasteiger partial charge in [0.05, 0.1) is 0 Å². The molecular weight excluding hydrogens is 153 g/mol. The van der Waals surface area contributed by atoms with Gasteiger partial charge in [0.25, 0.3) is 0 Å². The van der Waals surface area contributed by atoms with Crippen LogP contribution in [0.1, 0.15) is 0 Å². The molecule has 10 heavy (non-hydrogen) atoms. The van der Waals surface area contributed by atoms with Gasteiger partial charge in [0.1, 0.15) is 6.54 Å². The Labute approximate surface area is 61.2 Å². The average molecular weight is 163 g/mol. The number of carbonyl (C=O) groups is 1. The molecule has 6 heteroatoms. The van der Waals surface area contributed by atoms with Crippen LogP contribution < -0.4 is 5.73 Å². The van der Waals surface area contributed by atoms with Crippen molar-refractivity contribution >= 4 is 21.3 Å². The van der Waals surface area contributed by atoms with Crippen molar-refractivity contribution in [1.29, 1.82) is 0 Å². The summed E-state index contributed by atoms with van der Waals surface area (Å²) in [5.41, 5.74) is 5.26. The van der Waals surface area contributed by atoms with E-state index in [4.69, 9.17) is 10.8 Å². The van der Waals surface area contributed by atoms with E-state index in [2.05, 4.69) is 14.2 Å². The van der Waals surface area contributed by atoms with Crippen LogP contribution in [0.5, 0.6) is 0 Å². The molecule has 0 aliphatic carbocycles. The molecule has 0 saturated heterocycles. The lowest BCUT2D eigenvalue weighted by atomic mass is 10.6. The van der Waals surface area contributed by atoms with Crippen molar-refractivity contribution in [1.82, 2.24) is 4.90 Å². The molecular formula is C4H10N3O2P. The third-order valence-electron chi connectivity index (χ3n) is 0.896. The maximum Gasteiger partial charge on any atom is 0.323 e. The van der Waals surface area contributed by atoms with Crippen LogP contribution in [0.25, 0.3) is 0 Å². The van der Waals surface area contributed by atoms with Gasteiger partial charge in [0, 0.05) is 7.05 Å². The first-order chi connectivity index (χ1) is 4.57. The lowest BCUT2D eigenvalue weighted by molar-refractivity contribution is -0.137. The van der Waals surface area contributed by atoms with Gasteiger partial charge >= 0.3 is 5.97 Å². The summed E-state index contributed by atoms with van der Waals surface area (Å²) in [7, 11) is 3.61. The monoisotopic (exact) mass is 163 g/mol. The summed E-state index contributed by atoms with van der Waals surface area (Å²) in [6, 6.07) is 0. The highest BCUT2D eigenvalue weighted by Gasteiger charge is 2.04. The number of guanidine groups is 1. The van der Waals surface area contributed by atoms with Crippen LogP contribution in [-0.4, -0.2) is 35.5 Å².